The first-order valence-electron chi connectivity index (χ1n) is 10.7. The van der Waals surface area contributed by atoms with Crippen molar-refractivity contribution in [3.05, 3.63) is 69.8 Å². The molecule has 1 fully saturated rings. The Morgan fingerprint density at radius 2 is 1.66 bits per heavy atom. The normalized spacial score (nSPS) is 14.1. The van der Waals surface area contributed by atoms with E-state index in [4.69, 9.17) is 0 Å². The van der Waals surface area contributed by atoms with Crippen LogP contribution < -0.4 is 10.3 Å². The first-order valence-corrected chi connectivity index (χ1v) is 10.7. The number of hydrogen-bond donors (Lipinski definition) is 1. The third kappa shape index (κ3) is 5.18. The van der Waals surface area contributed by atoms with Gasteiger partial charge in [-0.15, -0.1) is 12.4 Å². The summed E-state index contributed by atoms with van der Waals surface area (Å²) in [6, 6.07) is 5.69. The van der Waals surface area contributed by atoms with Crippen LogP contribution in [-0.4, -0.2) is 59.0 Å². The van der Waals surface area contributed by atoms with Crippen molar-refractivity contribution in [2.24, 2.45) is 0 Å². The van der Waals surface area contributed by atoms with Gasteiger partial charge in [-0.25, -0.2) is 18.0 Å². The minimum atomic E-state index is -1.55. The molecule has 1 aliphatic heterocycles. The number of ketones is 1. The van der Waals surface area contributed by atoms with Gasteiger partial charge < -0.3 is 14.6 Å². The molecule has 0 unspecified atom stereocenters. The number of Topliss-reactive ketones (excluding diaryl/α,β-unsaturated/α-hetero) is 1. The van der Waals surface area contributed by atoms with Gasteiger partial charge in [0.05, 0.1) is 10.9 Å². The number of hydrogen-bond acceptors (Lipinski definition) is 5. The van der Waals surface area contributed by atoms with Crippen LogP contribution in [0, 0.1) is 17.5 Å². The zero-order valence-corrected chi connectivity index (χ0v) is 19.6. The van der Waals surface area contributed by atoms with Gasteiger partial charge in [-0.3, -0.25) is 14.5 Å². The van der Waals surface area contributed by atoms with Crippen LogP contribution in [0.25, 0.3) is 16.6 Å². The molecular formula is C24H23ClF3N3O4. The van der Waals surface area contributed by atoms with Crippen molar-refractivity contribution in [1.82, 2.24) is 9.47 Å². The quantitative estimate of drug-likeness (QED) is 0.546. The molecule has 0 bridgehead atoms. The molecule has 0 aliphatic carbocycles. The largest absolute Gasteiger partial charge is 0.477 e. The summed E-state index contributed by atoms with van der Waals surface area (Å²) in [4.78, 5) is 39.1. The predicted octanol–water partition coefficient (Wildman–Crippen LogP) is 3.63. The number of carbonyl (C=O) groups excluding carboxylic acids is 1. The summed E-state index contributed by atoms with van der Waals surface area (Å²) < 4.78 is 45.6. The summed E-state index contributed by atoms with van der Waals surface area (Å²) >= 11 is 0. The Balaban J connectivity index is 0.00000342. The molecule has 186 valence electrons. The first-order chi connectivity index (χ1) is 16.2. The van der Waals surface area contributed by atoms with Crippen LogP contribution >= 0.6 is 12.4 Å². The van der Waals surface area contributed by atoms with Gasteiger partial charge in [0, 0.05) is 51.0 Å². The molecule has 2 heterocycles. The van der Waals surface area contributed by atoms with Crippen molar-refractivity contribution < 1.29 is 27.9 Å². The van der Waals surface area contributed by atoms with Crippen molar-refractivity contribution in [2.75, 3.05) is 37.6 Å². The number of benzene rings is 2. The van der Waals surface area contributed by atoms with E-state index in [-0.39, 0.29) is 35.1 Å². The molecule has 0 atom stereocenters. The molecule has 1 N–H and O–H groups in total. The van der Waals surface area contributed by atoms with Crippen LogP contribution in [0.3, 0.4) is 0 Å². The number of carbonyl (C=O) groups is 2. The van der Waals surface area contributed by atoms with Crippen LogP contribution in [0.15, 0.2) is 41.3 Å². The second kappa shape index (κ2) is 10.5. The van der Waals surface area contributed by atoms with E-state index in [0.29, 0.717) is 39.1 Å². The Bertz CT molecular complexity index is 1340. The van der Waals surface area contributed by atoms with E-state index in [1.165, 1.54) is 24.0 Å². The van der Waals surface area contributed by atoms with Crippen LogP contribution in [-0.2, 0) is 4.79 Å². The van der Waals surface area contributed by atoms with Gasteiger partial charge in [-0.05, 0) is 37.3 Å². The molecule has 3 aromatic rings. The number of aromatic nitrogens is 1. The third-order valence-corrected chi connectivity index (χ3v) is 5.96. The lowest BCUT2D eigenvalue weighted by atomic mass is 10.1. The molecule has 1 saturated heterocycles. The molecule has 0 amide bonds. The molecule has 0 saturated carbocycles. The number of halogens is 4. The van der Waals surface area contributed by atoms with Gasteiger partial charge in [-0.2, -0.15) is 0 Å². The number of carboxylic acid groups (broad SMARTS) is 1. The number of carboxylic acids is 1. The van der Waals surface area contributed by atoms with Gasteiger partial charge in [0.15, 0.2) is 5.82 Å². The second-order valence-electron chi connectivity index (χ2n) is 8.22. The molecule has 7 nitrogen and oxygen atoms in total. The van der Waals surface area contributed by atoms with E-state index in [1.54, 1.807) is 0 Å². The maximum absolute atomic E-state index is 15.9. The standard InChI is InChI=1S/C24H22F3N3O4.ClH/c1-14(31)6-7-28-8-10-29(11-9-28)22-19(26)12-17-21(20(22)27)30(13-18(23(17)32)24(33)34)16-4-2-15(25)3-5-16;/h2-5,12-13H,6-11H2,1H3,(H,33,34);1H. The van der Waals surface area contributed by atoms with E-state index in [9.17, 15) is 23.9 Å². The predicted molar refractivity (Wildman–Crippen MR) is 128 cm³/mol. The molecule has 0 radical (unpaired) electrons. The Labute approximate surface area is 204 Å². The number of aromatic carboxylic acids is 1. The minimum Gasteiger partial charge on any atom is -0.477 e. The SMILES string of the molecule is CC(=O)CCN1CCN(c2c(F)cc3c(=O)c(C(=O)O)cn(-c4ccc(F)cc4)c3c2F)CC1.Cl. The number of pyridine rings is 1. The summed E-state index contributed by atoms with van der Waals surface area (Å²) in [7, 11) is 0. The topological polar surface area (TPSA) is 82.8 Å². The lowest BCUT2D eigenvalue weighted by Crippen LogP contribution is -2.47. The van der Waals surface area contributed by atoms with E-state index in [0.717, 1.165) is 29.0 Å². The highest BCUT2D eigenvalue weighted by molar-refractivity contribution is 5.94. The number of anilines is 1. The van der Waals surface area contributed by atoms with Crippen LogP contribution in [0.5, 0.6) is 0 Å². The van der Waals surface area contributed by atoms with Crippen molar-refractivity contribution >= 4 is 40.7 Å². The van der Waals surface area contributed by atoms with E-state index in [2.05, 4.69) is 0 Å². The molecule has 0 spiro atoms. The Morgan fingerprint density at radius 1 is 1.03 bits per heavy atom. The van der Waals surface area contributed by atoms with Gasteiger partial charge in [0.1, 0.15) is 28.7 Å². The summed E-state index contributed by atoms with van der Waals surface area (Å²) in [6.45, 7) is 3.65. The highest BCUT2D eigenvalue weighted by atomic mass is 35.5. The third-order valence-electron chi connectivity index (χ3n) is 5.96. The Morgan fingerprint density at radius 3 is 2.23 bits per heavy atom. The molecule has 1 aromatic heterocycles. The van der Waals surface area contributed by atoms with Crippen LogP contribution in [0.2, 0.25) is 0 Å². The summed E-state index contributed by atoms with van der Waals surface area (Å²) in [5.41, 5.74) is -2.09. The van der Waals surface area contributed by atoms with E-state index < -0.39 is 39.8 Å². The molecule has 35 heavy (non-hydrogen) atoms. The zero-order chi connectivity index (χ0) is 24.6. The smallest absolute Gasteiger partial charge is 0.341 e. The first kappa shape index (κ1) is 26.2. The molecule has 4 rings (SSSR count). The van der Waals surface area contributed by atoms with Crippen molar-refractivity contribution in [2.45, 2.75) is 13.3 Å². The van der Waals surface area contributed by atoms with Gasteiger partial charge in [-0.1, -0.05) is 0 Å². The fourth-order valence-corrected chi connectivity index (χ4v) is 4.16. The lowest BCUT2D eigenvalue weighted by Gasteiger charge is -2.36. The zero-order valence-electron chi connectivity index (χ0n) is 18.8. The fraction of sp³-hybridized carbons (Fsp3) is 0.292. The highest BCUT2D eigenvalue weighted by Gasteiger charge is 2.27. The van der Waals surface area contributed by atoms with E-state index in [1.807, 2.05) is 4.90 Å². The van der Waals surface area contributed by atoms with Crippen molar-refractivity contribution in [3.8, 4) is 5.69 Å². The van der Waals surface area contributed by atoms with Crippen molar-refractivity contribution in [3.63, 3.8) is 0 Å². The number of fused-ring (bicyclic) bond motifs is 1. The van der Waals surface area contributed by atoms with Gasteiger partial charge >= 0.3 is 5.97 Å². The fourth-order valence-electron chi connectivity index (χ4n) is 4.16. The minimum absolute atomic E-state index is 0. The average molecular weight is 510 g/mol. The molecule has 2 aromatic carbocycles. The number of piperazine rings is 1. The molecular weight excluding hydrogens is 487 g/mol. The summed E-state index contributed by atoms with van der Waals surface area (Å²) in [6.07, 6.45) is 1.36. The maximum atomic E-state index is 15.9. The Kier molecular flexibility index (Phi) is 7.86. The number of nitrogens with zero attached hydrogens (tertiary/aromatic N) is 3. The lowest BCUT2D eigenvalue weighted by molar-refractivity contribution is -0.117. The van der Waals surface area contributed by atoms with Gasteiger partial charge in [0.25, 0.3) is 0 Å². The summed E-state index contributed by atoms with van der Waals surface area (Å²) in [5.74, 6) is -4.02. The second-order valence-corrected chi connectivity index (χ2v) is 8.22. The van der Waals surface area contributed by atoms with Crippen molar-refractivity contribution in [1.29, 1.82) is 0 Å². The monoisotopic (exact) mass is 509 g/mol. The Hall–Kier alpha value is -3.37. The van der Waals surface area contributed by atoms with Gasteiger partial charge in [0.2, 0.25) is 5.43 Å². The molecule has 11 heteroatoms. The summed E-state index contributed by atoms with van der Waals surface area (Å²) in [5, 5.41) is 9.02. The van der Waals surface area contributed by atoms with E-state index >= 15 is 8.78 Å². The van der Waals surface area contributed by atoms with Crippen LogP contribution in [0.4, 0.5) is 18.9 Å². The molecule has 1 aliphatic rings. The average Bonchev–Trinajstić information content (AvgIpc) is 2.79. The highest BCUT2D eigenvalue weighted by Crippen LogP contribution is 2.32. The maximum Gasteiger partial charge on any atom is 0.341 e. The number of rotatable bonds is 6. The van der Waals surface area contributed by atoms with Crippen LogP contribution in [0.1, 0.15) is 23.7 Å².